The molecule has 0 bridgehead atoms. The van der Waals surface area contributed by atoms with E-state index in [2.05, 4.69) is 4.98 Å². The summed E-state index contributed by atoms with van der Waals surface area (Å²) in [6, 6.07) is 10.7. The molecule has 0 aliphatic carbocycles. The second-order valence-electron chi connectivity index (χ2n) is 3.81. The van der Waals surface area contributed by atoms with Crippen LogP contribution in [0.15, 0.2) is 41.4 Å². The molecule has 0 amide bonds. The number of nitrogens with one attached hydrogen (secondary N) is 1. The normalized spacial score (nSPS) is 11.4. The van der Waals surface area contributed by atoms with Gasteiger partial charge in [-0.2, -0.15) is 0 Å². The molecule has 1 aromatic carbocycles. The number of aromatic amines is 1. The van der Waals surface area contributed by atoms with Gasteiger partial charge in [0.2, 0.25) is 0 Å². The Balaban J connectivity index is 2.21. The first-order chi connectivity index (χ1) is 8.49. The Morgan fingerprint density at radius 2 is 2.06 bits per heavy atom. The number of hydrogen-bond acceptors (Lipinski definition) is 3. The fourth-order valence-corrected chi connectivity index (χ4v) is 2.42. The molecule has 0 fully saturated rings. The van der Waals surface area contributed by atoms with Crippen molar-refractivity contribution in [1.29, 1.82) is 0 Å². The molecule has 0 saturated heterocycles. The number of aromatic nitrogens is 1. The molecule has 96 valence electrons. The monoisotopic (exact) mass is 285 g/mol. The highest BCUT2D eigenvalue weighted by molar-refractivity contribution is 8.13. The highest BCUT2D eigenvalue weighted by Crippen LogP contribution is 2.18. The Morgan fingerprint density at radius 3 is 2.67 bits per heavy atom. The van der Waals surface area contributed by atoms with Crippen LogP contribution in [0.5, 0.6) is 5.75 Å². The smallest absolute Gasteiger partial charge is 0.276 e. The fourth-order valence-electron chi connectivity index (χ4n) is 1.67. The molecule has 6 heteroatoms. The van der Waals surface area contributed by atoms with Crippen LogP contribution in [0.3, 0.4) is 0 Å². The lowest BCUT2D eigenvalue weighted by Crippen LogP contribution is -1.93. The lowest BCUT2D eigenvalue weighted by atomic mass is 10.1. The van der Waals surface area contributed by atoms with Crippen LogP contribution in [-0.2, 0) is 15.5 Å². The Labute approximate surface area is 110 Å². The van der Waals surface area contributed by atoms with Gasteiger partial charge in [0.15, 0.2) is 0 Å². The van der Waals surface area contributed by atoms with Crippen LogP contribution in [0.1, 0.15) is 11.3 Å². The molecular weight excluding hydrogens is 274 g/mol. The molecule has 0 atom stereocenters. The maximum Gasteiger partial charge on any atom is 0.276 e. The van der Waals surface area contributed by atoms with Crippen LogP contribution in [0, 0.1) is 0 Å². The highest BCUT2D eigenvalue weighted by atomic mass is 35.7. The van der Waals surface area contributed by atoms with Gasteiger partial charge in [-0.1, -0.05) is 12.1 Å². The van der Waals surface area contributed by atoms with Crippen LogP contribution in [0.2, 0.25) is 0 Å². The summed E-state index contributed by atoms with van der Waals surface area (Å²) in [4.78, 5) is 2.78. The minimum Gasteiger partial charge on any atom is -0.497 e. The molecule has 2 rings (SSSR count). The molecule has 0 radical (unpaired) electrons. The molecule has 1 N–H and O–H groups in total. The van der Waals surface area contributed by atoms with Gasteiger partial charge in [-0.25, -0.2) is 8.42 Å². The minimum absolute atomic E-state index is 0.0158. The summed E-state index contributed by atoms with van der Waals surface area (Å²) in [6.07, 6.45) is 0.587. The van der Waals surface area contributed by atoms with E-state index in [1.54, 1.807) is 13.2 Å². The zero-order valence-corrected chi connectivity index (χ0v) is 11.3. The average Bonchev–Trinajstić information content (AvgIpc) is 2.77. The summed E-state index contributed by atoms with van der Waals surface area (Å²) in [7, 11) is 3.15. The van der Waals surface area contributed by atoms with Crippen molar-refractivity contribution in [3.8, 4) is 5.75 Å². The zero-order chi connectivity index (χ0) is 13.2. The Kier molecular flexibility index (Phi) is 3.63. The standard InChI is InChI=1S/C12H12ClNO3S/c1-17-11-4-2-3-9(8-11)7-10-5-6-12(14-10)18(13,15)16/h2-6,8,14H,7H2,1H3. The maximum absolute atomic E-state index is 11.1. The molecule has 1 heterocycles. The Bertz CT molecular complexity index is 649. The maximum atomic E-state index is 11.1. The van der Waals surface area contributed by atoms with Crippen LogP contribution < -0.4 is 4.74 Å². The van der Waals surface area contributed by atoms with Crippen molar-refractivity contribution in [2.75, 3.05) is 7.11 Å². The summed E-state index contributed by atoms with van der Waals surface area (Å²) in [5.74, 6) is 0.768. The van der Waals surface area contributed by atoms with E-state index in [0.717, 1.165) is 17.0 Å². The van der Waals surface area contributed by atoms with Crippen LogP contribution >= 0.6 is 10.7 Å². The summed E-state index contributed by atoms with van der Waals surface area (Å²) in [6.45, 7) is 0. The lowest BCUT2D eigenvalue weighted by molar-refractivity contribution is 0.414. The van der Waals surface area contributed by atoms with E-state index in [9.17, 15) is 8.42 Å². The largest absolute Gasteiger partial charge is 0.497 e. The predicted molar refractivity (Wildman–Crippen MR) is 69.6 cm³/mol. The third-order valence-electron chi connectivity index (χ3n) is 2.51. The van der Waals surface area contributed by atoms with E-state index >= 15 is 0 Å². The SMILES string of the molecule is COc1cccc(Cc2ccc(S(=O)(=O)Cl)[nH]2)c1. The molecule has 0 saturated carbocycles. The van der Waals surface area contributed by atoms with E-state index in [-0.39, 0.29) is 5.03 Å². The summed E-state index contributed by atoms with van der Waals surface area (Å²) in [5.41, 5.74) is 1.80. The van der Waals surface area contributed by atoms with E-state index < -0.39 is 9.05 Å². The minimum atomic E-state index is -3.70. The van der Waals surface area contributed by atoms with Crippen molar-refractivity contribution < 1.29 is 13.2 Å². The van der Waals surface area contributed by atoms with Crippen molar-refractivity contribution in [3.05, 3.63) is 47.7 Å². The summed E-state index contributed by atoms with van der Waals surface area (Å²) < 4.78 is 27.4. The Hall–Kier alpha value is -1.46. The number of rotatable bonds is 4. The Morgan fingerprint density at radius 1 is 1.28 bits per heavy atom. The zero-order valence-electron chi connectivity index (χ0n) is 9.68. The van der Waals surface area contributed by atoms with Crippen molar-refractivity contribution in [2.45, 2.75) is 11.4 Å². The van der Waals surface area contributed by atoms with E-state index in [1.165, 1.54) is 6.07 Å². The first-order valence-electron chi connectivity index (χ1n) is 5.24. The highest BCUT2D eigenvalue weighted by Gasteiger charge is 2.12. The number of halogens is 1. The molecule has 2 aromatic rings. The van der Waals surface area contributed by atoms with Gasteiger partial charge < -0.3 is 9.72 Å². The number of benzene rings is 1. The molecular formula is C12H12ClNO3S. The van der Waals surface area contributed by atoms with E-state index in [0.29, 0.717) is 6.42 Å². The summed E-state index contributed by atoms with van der Waals surface area (Å²) in [5, 5.41) is 0.0158. The second-order valence-corrected chi connectivity index (χ2v) is 6.35. The van der Waals surface area contributed by atoms with Crippen LogP contribution in [0.25, 0.3) is 0 Å². The molecule has 1 aromatic heterocycles. The van der Waals surface area contributed by atoms with Gasteiger partial charge in [0.05, 0.1) is 7.11 Å². The molecule has 0 unspecified atom stereocenters. The van der Waals surface area contributed by atoms with E-state index in [4.69, 9.17) is 15.4 Å². The van der Waals surface area contributed by atoms with Gasteiger partial charge in [0.25, 0.3) is 9.05 Å². The van der Waals surface area contributed by atoms with Gasteiger partial charge >= 0.3 is 0 Å². The topological polar surface area (TPSA) is 59.2 Å². The number of methoxy groups -OCH3 is 1. The predicted octanol–water partition coefficient (Wildman–Crippen LogP) is 2.54. The van der Waals surface area contributed by atoms with Crippen molar-refractivity contribution in [3.63, 3.8) is 0 Å². The number of ether oxygens (including phenoxy) is 1. The van der Waals surface area contributed by atoms with Crippen molar-refractivity contribution in [1.82, 2.24) is 4.98 Å². The third kappa shape index (κ3) is 3.05. The van der Waals surface area contributed by atoms with Crippen molar-refractivity contribution >= 4 is 19.7 Å². The van der Waals surface area contributed by atoms with Gasteiger partial charge in [-0.05, 0) is 29.8 Å². The van der Waals surface area contributed by atoms with Crippen LogP contribution in [-0.4, -0.2) is 20.5 Å². The fraction of sp³-hybridized carbons (Fsp3) is 0.167. The first-order valence-corrected chi connectivity index (χ1v) is 7.55. The third-order valence-corrected chi connectivity index (χ3v) is 3.77. The van der Waals surface area contributed by atoms with Gasteiger partial charge in [0.1, 0.15) is 10.8 Å². The first kappa shape index (κ1) is 13.0. The number of hydrogen-bond donors (Lipinski definition) is 1. The second kappa shape index (κ2) is 5.04. The quantitative estimate of drug-likeness (QED) is 0.878. The molecule has 4 nitrogen and oxygen atoms in total. The van der Waals surface area contributed by atoms with Crippen molar-refractivity contribution in [2.24, 2.45) is 0 Å². The molecule has 0 aliphatic rings. The van der Waals surface area contributed by atoms with Gasteiger partial charge in [0, 0.05) is 22.8 Å². The molecule has 18 heavy (non-hydrogen) atoms. The molecule has 0 spiro atoms. The number of H-pyrrole nitrogens is 1. The van der Waals surface area contributed by atoms with Gasteiger partial charge in [-0.15, -0.1) is 0 Å². The average molecular weight is 286 g/mol. The van der Waals surface area contributed by atoms with E-state index in [1.807, 2.05) is 24.3 Å². The molecule has 0 aliphatic heterocycles. The van der Waals surface area contributed by atoms with Crippen LogP contribution in [0.4, 0.5) is 0 Å². The lowest BCUT2D eigenvalue weighted by Gasteiger charge is -2.03. The van der Waals surface area contributed by atoms with Gasteiger partial charge in [-0.3, -0.25) is 0 Å². The summed E-state index contributed by atoms with van der Waals surface area (Å²) >= 11 is 0.